The van der Waals surface area contributed by atoms with Gasteiger partial charge in [0.1, 0.15) is 11.6 Å². The molecule has 22 heavy (non-hydrogen) atoms. The molecule has 3 rings (SSSR count). The van der Waals surface area contributed by atoms with E-state index >= 15 is 0 Å². The van der Waals surface area contributed by atoms with Crippen molar-refractivity contribution in [3.8, 4) is 0 Å². The van der Waals surface area contributed by atoms with E-state index in [1.807, 2.05) is 6.07 Å². The Morgan fingerprint density at radius 3 is 2.73 bits per heavy atom. The molecule has 1 fully saturated rings. The van der Waals surface area contributed by atoms with Crippen LogP contribution in [0.2, 0.25) is 0 Å². The molecule has 0 saturated heterocycles. The Labute approximate surface area is 126 Å². The average Bonchev–Trinajstić information content (AvgIpc) is 3.30. The average molecular weight is 307 g/mol. The summed E-state index contributed by atoms with van der Waals surface area (Å²) in [5.74, 6) is 1.96. The van der Waals surface area contributed by atoms with Gasteiger partial charge in [0, 0.05) is 24.2 Å². The van der Waals surface area contributed by atoms with E-state index in [1.54, 1.807) is 30.5 Å². The van der Waals surface area contributed by atoms with Crippen LogP contribution in [-0.4, -0.2) is 16.1 Å². The van der Waals surface area contributed by atoms with Crippen LogP contribution >= 0.6 is 0 Å². The first-order chi connectivity index (χ1) is 10.5. The van der Waals surface area contributed by atoms with Crippen molar-refractivity contribution in [1.82, 2.24) is 9.97 Å². The van der Waals surface area contributed by atoms with Gasteiger partial charge >= 0.3 is 6.18 Å². The third kappa shape index (κ3) is 4.19. The fourth-order valence-corrected chi connectivity index (χ4v) is 2.22. The van der Waals surface area contributed by atoms with Gasteiger partial charge in [-0.2, -0.15) is 13.2 Å². The van der Waals surface area contributed by atoms with Crippen LogP contribution in [0, 0.1) is 0 Å². The lowest BCUT2D eigenvalue weighted by Crippen LogP contribution is -2.08. The minimum Gasteiger partial charge on any atom is -0.340 e. The van der Waals surface area contributed by atoms with E-state index in [1.165, 1.54) is 0 Å². The summed E-state index contributed by atoms with van der Waals surface area (Å²) in [5, 5.41) is 3.13. The predicted octanol–water partition coefficient (Wildman–Crippen LogP) is 4.59. The zero-order chi connectivity index (χ0) is 15.6. The number of alkyl halides is 3. The molecule has 116 valence electrons. The van der Waals surface area contributed by atoms with E-state index in [0.717, 1.165) is 24.4 Å². The molecular weight excluding hydrogens is 291 g/mol. The normalized spacial score (nSPS) is 14.9. The number of hydrogen-bond donors (Lipinski definition) is 1. The standard InChI is InChI=1S/C16H16F3N3/c17-16(18,19)8-6-11-2-1-3-13(10-11)21-14-7-9-20-15(22-14)12-4-5-12/h1-3,7,9-10,12H,4-6,8H2,(H,20,21,22). The summed E-state index contributed by atoms with van der Waals surface area (Å²) in [5.41, 5.74) is 1.39. The van der Waals surface area contributed by atoms with Crippen molar-refractivity contribution in [1.29, 1.82) is 0 Å². The molecule has 1 saturated carbocycles. The second-order valence-corrected chi connectivity index (χ2v) is 5.51. The summed E-state index contributed by atoms with van der Waals surface area (Å²) in [6, 6.07) is 8.75. The largest absolute Gasteiger partial charge is 0.389 e. The van der Waals surface area contributed by atoms with Gasteiger partial charge in [-0.3, -0.25) is 0 Å². The summed E-state index contributed by atoms with van der Waals surface area (Å²) in [6.07, 6.45) is -1.01. The molecule has 0 atom stereocenters. The summed E-state index contributed by atoms with van der Waals surface area (Å²) in [7, 11) is 0. The Hall–Kier alpha value is -2.11. The van der Waals surface area contributed by atoms with Crippen LogP contribution in [0.4, 0.5) is 24.7 Å². The molecule has 1 N–H and O–H groups in total. The third-order valence-corrected chi connectivity index (χ3v) is 3.51. The third-order valence-electron chi connectivity index (χ3n) is 3.51. The zero-order valence-electron chi connectivity index (χ0n) is 11.9. The Balaban J connectivity index is 1.68. The fraction of sp³-hybridized carbons (Fsp3) is 0.375. The maximum Gasteiger partial charge on any atom is 0.389 e. The number of nitrogens with zero attached hydrogens (tertiary/aromatic N) is 2. The van der Waals surface area contributed by atoms with Crippen molar-refractivity contribution >= 4 is 11.5 Å². The molecule has 1 aliphatic rings. The molecule has 3 nitrogen and oxygen atoms in total. The van der Waals surface area contributed by atoms with E-state index in [-0.39, 0.29) is 6.42 Å². The molecular formula is C16H16F3N3. The lowest BCUT2D eigenvalue weighted by Gasteiger charge is -2.10. The van der Waals surface area contributed by atoms with Crippen LogP contribution in [0.1, 0.15) is 36.6 Å². The van der Waals surface area contributed by atoms with Crippen molar-refractivity contribution in [3.05, 3.63) is 47.9 Å². The quantitative estimate of drug-likeness (QED) is 0.877. The molecule has 0 unspecified atom stereocenters. The van der Waals surface area contributed by atoms with Crippen molar-refractivity contribution < 1.29 is 13.2 Å². The summed E-state index contributed by atoms with van der Waals surface area (Å²) in [6.45, 7) is 0. The van der Waals surface area contributed by atoms with Gasteiger partial charge in [-0.05, 0) is 43.0 Å². The molecule has 0 aliphatic heterocycles. The van der Waals surface area contributed by atoms with Gasteiger partial charge in [-0.15, -0.1) is 0 Å². The second-order valence-electron chi connectivity index (χ2n) is 5.51. The van der Waals surface area contributed by atoms with Crippen LogP contribution in [0.15, 0.2) is 36.5 Å². The number of aryl methyl sites for hydroxylation is 1. The zero-order valence-corrected chi connectivity index (χ0v) is 11.9. The minimum atomic E-state index is -4.13. The van der Waals surface area contributed by atoms with Crippen molar-refractivity contribution in [3.63, 3.8) is 0 Å². The topological polar surface area (TPSA) is 37.8 Å². The van der Waals surface area contributed by atoms with Gasteiger partial charge < -0.3 is 5.32 Å². The van der Waals surface area contributed by atoms with Crippen molar-refractivity contribution in [2.45, 2.75) is 37.8 Å². The highest BCUT2D eigenvalue weighted by Crippen LogP contribution is 2.38. The molecule has 0 bridgehead atoms. The first-order valence-electron chi connectivity index (χ1n) is 7.25. The Bertz CT molecular complexity index is 651. The molecule has 0 spiro atoms. The highest BCUT2D eigenvalue weighted by atomic mass is 19.4. The summed E-state index contributed by atoms with van der Waals surface area (Å²) < 4.78 is 36.8. The van der Waals surface area contributed by atoms with Crippen LogP contribution in [-0.2, 0) is 6.42 Å². The number of benzene rings is 1. The maximum atomic E-state index is 12.3. The number of rotatable bonds is 5. The summed E-state index contributed by atoms with van der Waals surface area (Å²) in [4.78, 5) is 8.68. The van der Waals surface area contributed by atoms with Crippen molar-refractivity contribution in [2.24, 2.45) is 0 Å². The van der Waals surface area contributed by atoms with Gasteiger partial charge in [0.25, 0.3) is 0 Å². The first kappa shape index (κ1) is 14.8. The Morgan fingerprint density at radius 2 is 2.00 bits per heavy atom. The minimum absolute atomic E-state index is 0.0177. The van der Waals surface area contributed by atoms with E-state index in [2.05, 4.69) is 15.3 Å². The van der Waals surface area contributed by atoms with Crippen LogP contribution in [0.25, 0.3) is 0 Å². The second kappa shape index (κ2) is 5.94. The smallest absolute Gasteiger partial charge is 0.340 e. The highest BCUT2D eigenvalue weighted by molar-refractivity contribution is 5.56. The van der Waals surface area contributed by atoms with Gasteiger partial charge in [-0.25, -0.2) is 9.97 Å². The van der Waals surface area contributed by atoms with Gasteiger partial charge in [0.2, 0.25) is 0 Å². The van der Waals surface area contributed by atoms with Crippen LogP contribution in [0.5, 0.6) is 0 Å². The monoisotopic (exact) mass is 307 g/mol. The lowest BCUT2D eigenvalue weighted by atomic mass is 10.1. The molecule has 0 radical (unpaired) electrons. The van der Waals surface area contributed by atoms with Crippen LogP contribution < -0.4 is 5.32 Å². The number of aromatic nitrogens is 2. The molecule has 1 aromatic carbocycles. The Morgan fingerprint density at radius 1 is 1.18 bits per heavy atom. The van der Waals surface area contributed by atoms with E-state index < -0.39 is 12.6 Å². The van der Waals surface area contributed by atoms with Crippen molar-refractivity contribution in [2.75, 3.05) is 5.32 Å². The SMILES string of the molecule is FC(F)(F)CCc1cccc(Nc2ccnc(C3CC3)n2)c1. The summed E-state index contributed by atoms with van der Waals surface area (Å²) >= 11 is 0. The maximum absolute atomic E-state index is 12.3. The lowest BCUT2D eigenvalue weighted by molar-refractivity contribution is -0.133. The molecule has 1 aromatic heterocycles. The Kier molecular flexibility index (Phi) is 4.00. The van der Waals surface area contributed by atoms with Gasteiger partial charge in [0.15, 0.2) is 0 Å². The molecule has 6 heteroatoms. The van der Waals surface area contributed by atoms with E-state index in [0.29, 0.717) is 17.3 Å². The van der Waals surface area contributed by atoms with Gasteiger partial charge in [-0.1, -0.05) is 12.1 Å². The number of hydrogen-bond acceptors (Lipinski definition) is 3. The van der Waals surface area contributed by atoms with E-state index in [9.17, 15) is 13.2 Å². The number of anilines is 2. The van der Waals surface area contributed by atoms with E-state index in [4.69, 9.17) is 0 Å². The number of halogens is 3. The highest BCUT2D eigenvalue weighted by Gasteiger charge is 2.27. The van der Waals surface area contributed by atoms with Crippen LogP contribution in [0.3, 0.4) is 0 Å². The molecule has 1 aliphatic carbocycles. The molecule has 1 heterocycles. The fourth-order valence-electron chi connectivity index (χ4n) is 2.22. The molecule has 2 aromatic rings. The predicted molar refractivity (Wildman–Crippen MR) is 78.1 cm³/mol. The number of nitrogens with one attached hydrogen (secondary N) is 1. The molecule has 0 amide bonds. The first-order valence-corrected chi connectivity index (χ1v) is 7.25. The van der Waals surface area contributed by atoms with Gasteiger partial charge in [0.05, 0.1) is 0 Å².